The van der Waals surface area contributed by atoms with Crippen molar-refractivity contribution in [3.63, 3.8) is 0 Å². The van der Waals surface area contributed by atoms with Crippen LogP contribution in [0.2, 0.25) is 0 Å². The van der Waals surface area contributed by atoms with Crippen molar-refractivity contribution in [2.24, 2.45) is 0 Å². The van der Waals surface area contributed by atoms with Gasteiger partial charge in [-0.05, 0) is 66.6 Å². The molecule has 4 aromatic carbocycles. The molecule has 6 rings (SSSR count). The van der Waals surface area contributed by atoms with E-state index in [0.717, 1.165) is 39.3 Å². The molecular weight excluding hydrogens is 566 g/mol. The lowest BCUT2D eigenvalue weighted by Crippen LogP contribution is -2.33. The summed E-state index contributed by atoms with van der Waals surface area (Å²) in [5.74, 6) is 0.498. The normalized spacial score (nSPS) is 13.8. The van der Waals surface area contributed by atoms with Gasteiger partial charge in [0.1, 0.15) is 0 Å². The van der Waals surface area contributed by atoms with Gasteiger partial charge in [-0.3, -0.25) is 0 Å². The molecule has 0 spiro atoms. The quantitative estimate of drug-likeness (QED) is 0.209. The molecule has 44 heavy (non-hydrogen) atoms. The third kappa shape index (κ3) is 5.26. The first kappa shape index (κ1) is 29.3. The van der Waals surface area contributed by atoms with Crippen molar-refractivity contribution in [1.82, 2.24) is 9.19 Å². The monoisotopic (exact) mass is 603 g/mol. The van der Waals surface area contributed by atoms with Crippen LogP contribution in [0.4, 0.5) is 22.9 Å². The molecule has 0 aliphatic heterocycles. The molecule has 0 saturated heterocycles. The van der Waals surface area contributed by atoms with E-state index in [0.29, 0.717) is 17.9 Å². The van der Waals surface area contributed by atoms with Gasteiger partial charge in [0.25, 0.3) is 10.0 Å². The summed E-state index contributed by atoms with van der Waals surface area (Å²) in [5, 5.41) is 8.11. The van der Waals surface area contributed by atoms with Gasteiger partial charge in [-0.25, -0.2) is 0 Å². The van der Waals surface area contributed by atoms with Crippen LogP contribution in [0.15, 0.2) is 114 Å². The lowest BCUT2D eigenvalue weighted by atomic mass is 9.68. The second kappa shape index (κ2) is 11.4. The predicted molar refractivity (Wildman–Crippen MR) is 181 cm³/mol. The summed E-state index contributed by atoms with van der Waals surface area (Å²) in [7, 11) is 4.08. The minimum absolute atomic E-state index is 0.200. The number of nitrogens with zero attached hydrogens (tertiary/aromatic N) is 4. The molecule has 1 aliphatic rings. The van der Waals surface area contributed by atoms with Crippen molar-refractivity contribution in [3.8, 4) is 0 Å². The molecule has 0 atom stereocenters. The molecule has 1 aromatic heterocycles. The molecule has 1 heterocycles. The number of para-hydroxylation sites is 1. The molecule has 0 bridgehead atoms. The van der Waals surface area contributed by atoms with Gasteiger partial charge in [-0.2, -0.15) is 12.5 Å². The van der Waals surface area contributed by atoms with Crippen molar-refractivity contribution in [1.29, 1.82) is 0 Å². The molecule has 1 N–H and O–H groups in total. The van der Waals surface area contributed by atoms with E-state index < -0.39 is 15.4 Å². The van der Waals surface area contributed by atoms with Gasteiger partial charge in [0, 0.05) is 62.7 Å². The van der Waals surface area contributed by atoms with Gasteiger partial charge >= 0.3 is 0 Å². The van der Waals surface area contributed by atoms with Crippen LogP contribution in [0.1, 0.15) is 27.9 Å². The summed E-state index contributed by atoms with van der Waals surface area (Å²) in [6, 6.07) is 33.6. The van der Waals surface area contributed by atoms with E-state index in [1.54, 1.807) is 12.1 Å². The second-order valence-corrected chi connectivity index (χ2v) is 13.5. The zero-order valence-corrected chi connectivity index (χ0v) is 26.5. The minimum Gasteiger partial charge on any atom is -0.378 e. The van der Waals surface area contributed by atoms with E-state index in [1.807, 2.05) is 83.7 Å². The Bertz CT molecular complexity index is 1860. The smallest absolute Gasteiger partial charge is 0.283 e. The van der Waals surface area contributed by atoms with Crippen molar-refractivity contribution in [3.05, 3.63) is 137 Å². The largest absolute Gasteiger partial charge is 0.378 e. The van der Waals surface area contributed by atoms with Crippen LogP contribution in [0, 0.1) is 6.92 Å². The molecule has 0 unspecified atom stereocenters. The maximum Gasteiger partial charge on any atom is 0.283 e. The molecule has 8 heteroatoms. The first-order valence-corrected chi connectivity index (χ1v) is 16.0. The van der Waals surface area contributed by atoms with Gasteiger partial charge < -0.3 is 15.1 Å². The second-order valence-electron chi connectivity index (χ2n) is 11.7. The summed E-state index contributed by atoms with van der Waals surface area (Å²) >= 11 is 0. The van der Waals surface area contributed by atoms with Crippen LogP contribution in [-0.4, -0.2) is 45.8 Å². The highest BCUT2D eigenvalue weighted by Gasteiger charge is 2.40. The van der Waals surface area contributed by atoms with Crippen LogP contribution in [0.5, 0.6) is 0 Å². The lowest BCUT2D eigenvalue weighted by molar-refractivity contribution is 0.565. The zero-order chi connectivity index (χ0) is 31.1. The first-order valence-electron chi connectivity index (χ1n) is 14.6. The molecule has 0 amide bonds. The lowest BCUT2D eigenvalue weighted by Gasteiger charge is -2.35. The Morgan fingerprint density at radius 3 is 1.82 bits per heavy atom. The van der Waals surface area contributed by atoms with Crippen molar-refractivity contribution >= 4 is 39.0 Å². The fourth-order valence-electron chi connectivity index (χ4n) is 5.77. The van der Waals surface area contributed by atoms with Crippen LogP contribution < -0.4 is 15.1 Å². The Morgan fingerprint density at radius 1 is 0.750 bits per heavy atom. The molecule has 5 aromatic rings. The Kier molecular flexibility index (Phi) is 7.55. The standard InChI is InChI=1S/C36H37N5O2S/c1-26-11-21-32(22-12-26)44(42,43)41-34-25-36(27-13-17-30(18-14-27)39(2)3,28-15-19-31(20-16-28)40(4)5)24-23-33(34)35(38-41)37-29-9-7-6-8-10-29/h6-24H,25H2,1-5H3,(H,37,38). The molecule has 0 saturated carbocycles. The van der Waals surface area contributed by atoms with Gasteiger partial charge in [-0.15, -0.1) is 5.10 Å². The average molecular weight is 604 g/mol. The molecule has 7 nitrogen and oxygen atoms in total. The Morgan fingerprint density at radius 2 is 1.30 bits per heavy atom. The number of anilines is 4. The van der Waals surface area contributed by atoms with Crippen molar-refractivity contribution in [2.45, 2.75) is 23.7 Å². The first-order chi connectivity index (χ1) is 21.1. The molecule has 224 valence electrons. The summed E-state index contributed by atoms with van der Waals surface area (Å²) in [5.41, 5.74) is 6.89. The number of hydrogen-bond acceptors (Lipinski definition) is 6. The van der Waals surface area contributed by atoms with Gasteiger partial charge in [0.2, 0.25) is 0 Å². The Hall–Kier alpha value is -4.82. The maximum absolute atomic E-state index is 14.2. The number of nitrogens with one attached hydrogen (secondary N) is 1. The number of hydrogen-bond donors (Lipinski definition) is 1. The average Bonchev–Trinajstić information content (AvgIpc) is 3.39. The van der Waals surface area contributed by atoms with Crippen LogP contribution >= 0.6 is 0 Å². The van der Waals surface area contributed by atoms with Crippen molar-refractivity contribution in [2.75, 3.05) is 43.3 Å². The summed E-state index contributed by atoms with van der Waals surface area (Å²) in [6.45, 7) is 1.94. The van der Waals surface area contributed by atoms with Crippen molar-refractivity contribution < 1.29 is 8.42 Å². The summed E-state index contributed by atoms with van der Waals surface area (Å²) < 4.78 is 29.7. The number of fused-ring (bicyclic) bond motifs is 1. The predicted octanol–water partition coefficient (Wildman–Crippen LogP) is 6.86. The SMILES string of the molecule is Cc1ccc(S(=O)(=O)n2nc(Nc3ccccc3)c3c2CC(c2ccc(N(C)C)cc2)(c2ccc(N(C)C)cc2)C=C3)cc1. The van der Waals surface area contributed by atoms with Gasteiger partial charge in [0.15, 0.2) is 5.82 Å². The van der Waals surface area contributed by atoms with E-state index in [1.165, 1.54) is 4.09 Å². The Labute approximate surface area is 260 Å². The topological polar surface area (TPSA) is 70.5 Å². The fraction of sp³-hybridized carbons (Fsp3) is 0.194. The van der Waals surface area contributed by atoms with E-state index in [4.69, 9.17) is 5.10 Å². The summed E-state index contributed by atoms with van der Waals surface area (Å²) in [6.07, 6.45) is 4.62. The maximum atomic E-state index is 14.2. The van der Waals surface area contributed by atoms with Gasteiger partial charge in [-0.1, -0.05) is 72.3 Å². The molecule has 0 radical (unpaired) electrons. The third-order valence-corrected chi connectivity index (χ3v) is 9.97. The highest BCUT2D eigenvalue weighted by atomic mass is 32.2. The minimum atomic E-state index is -4.00. The Balaban J connectivity index is 1.56. The van der Waals surface area contributed by atoms with Crippen LogP contribution in [0.3, 0.4) is 0 Å². The molecule has 0 fully saturated rings. The summed E-state index contributed by atoms with van der Waals surface area (Å²) in [4.78, 5) is 4.34. The van der Waals surface area contributed by atoms with Crippen LogP contribution in [0.25, 0.3) is 6.08 Å². The molecule has 1 aliphatic carbocycles. The third-order valence-electron chi connectivity index (χ3n) is 8.35. The fourth-order valence-corrected chi connectivity index (χ4v) is 7.09. The highest BCUT2D eigenvalue weighted by molar-refractivity contribution is 7.89. The van der Waals surface area contributed by atoms with E-state index in [2.05, 4.69) is 69.7 Å². The number of aromatic nitrogens is 2. The number of benzene rings is 4. The van der Waals surface area contributed by atoms with E-state index in [-0.39, 0.29) is 4.90 Å². The van der Waals surface area contributed by atoms with Crippen LogP contribution in [-0.2, 0) is 21.9 Å². The number of rotatable bonds is 8. The zero-order valence-electron chi connectivity index (χ0n) is 25.7. The molecular formula is C36H37N5O2S. The van der Waals surface area contributed by atoms with E-state index >= 15 is 0 Å². The van der Waals surface area contributed by atoms with Gasteiger partial charge in [0.05, 0.1) is 10.6 Å². The number of aryl methyl sites for hydroxylation is 1. The van der Waals surface area contributed by atoms with E-state index in [9.17, 15) is 8.42 Å². The number of allylic oxidation sites excluding steroid dienone is 1. The highest BCUT2D eigenvalue weighted by Crippen LogP contribution is 2.45.